The van der Waals surface area contributed by atoms with Gasteiger partial charge in [0, 0.05) is 5.54 Å². The molecule has 1 fully saturated rings. The minimum Gasteiger partial charge on any atom is -0.325 e. The van der Waals surface area contributed by atoms with Crippen LogP contribution in [-0.2, 0) is 6.42 Å². The molecule has 1 aliphatic rings. The van der Waals surface area contributed by atoms with Crippen LogP contribution in [-0.4, -0.2) is 5.54 Å². The number of hydrogen-bond donors (Lipinski definition) is 1. The summed E-state index contributed by atoms with van der Waals surface area (Å²) in [6, 6.07) is 8.81. The molecule has 2 atom stereocenters. The van der Waals surface area contributed by atoms with Gasteiger partial charge in [-0.15, -0.1) is 0 Å². The average molecular weight is 245 g/mol. The lowest BCUT2D eigenvalue weighted by molar-refractivity contribution is 0.182. The van der Waals surface area contributed by atoms with Crippen LogP contribution in [0.4, 0.5) is 0 Å². The van der Waals surface area contributed by atoms with Gasteiger partial charge in [0.15, 0.2) is 0 Å². The summed E-state index contributed by atoms with van der Waals surface area (Å²) in [5.74, 6) is 1.58. The first-order chi connectivity index (χ1) is 8.48. The normalized spacial score (nSPS) is 28.6. The maximum Gasteiger partial charge on any atom is 0.0197 e. The molecule has 2 unspecified atom stereocenters. The van der Waals surface area contributed by atoms with Crippen molar-refractivity contribution in [3.8, 4) is 0 Å². The van der Waals surface area contributed by atoms with Gasteiger partial charge in [-0.1, -0.05) is 56.5 Å². The molecule has 2 N–H and O–H groups in total. The number of benzene rings is 1. The molecule has 1 nitrogen and oxygen atoms in total. The fraction of sp³-hybridized carbons (Fsp3) is 0.647. The fourth-order valence-corrected chi connectivity index (χ4v) is 3.40. The molecule has 1 saturated carbocycles. The van der Waals surface area contributed by atoms with Crippen molar-refractivity contribution >= 4 is 0 Å². The van der Waals surface area contributed by atoms with Crippen LogP contribution >= 0.6 is 0 Å². The summed E-state index contributed by atoms with van der Waals surface area (Å²) in [6.45, 7) is 6.83. The van der Waals surface area contributed by atoms with Crippen LogP contribution in [0.2, 0.25) is 0 Å². The van der Waals surface area contributed by atoms with Gasteiger partial charge in [-0.25, -0.2) is 0 Å². The lowest BCUT2D eigenvalue weighted by Gasteiger charge is -2.40. The third-order valence-electron chi connectivity index (χ3n) is 4.50. The molecule has 0 aromatic heterocycles. The van der Waals surface area contributed by atoms with Crippen molar-refractivity contribution in [2.24, 2.45) is 17.6 Å². The van der Waals surface area contributed by atoms with Crippen molar-refractivity contribution in [2.45, 2.75) is 58.4 Å². The second kappa shape index (κ2) is 5.44. The molecule has 0 spiro atoms. The van der Waals surface area contributed by atoms with Gasteiger partial charge < -0.3 is 5.73 Å². The lowest BCUT2D eigenvalue weighted by atomic mass is 9.70. The fourth-order valence-electron chi connectivity index (χ4n) is 3.40. The largest absolute Gasteiger partial charge is 0.325 e. The Labute approximate surface area is 112 Å². The first kappa shape index (κ1) is 13.6. The Morgan fingerprint density at radius 2 is 2.17 bits per heavy atom. The minimum atomic E-state index is 0.0288. The summed E-state index contributed by atoms with van der Waals surface area (Å²) in [4.78, 5) is 0. The smallest absolute Gasteiger partial charge is 0.0197 e. The van der Waals surface area contributed by atoms with Crippen LogP contribution < -0.4 is 5.73 Å². The maximum atomic E-state index is 6.67. The molecule has 0 saturated heterocycles. The topological polar surface area (TPSA) is 26.0 Å². The molecule has 2 rings (SSSR count). The van der Waals surface area contributed by atoms with Gasteiger partial charge >= 0.3 is 0 Å². The summed E-state index contributed by atoms with van der Waals surface area (Å²) < 4.78 is 0. The zero-order valence-corrected chi connectivity index (χ0v) is 12.1. The predicted molar refractivity (Wildman–Crippen MR) is 78.6 cm³/mol. The van der Waals surface area contributed by atoms with E-state index in [9.17, 15) is 0 Å². The van der Waals surface area contributed by atoms with Crippen LogP contribution in [0.5, 0.6) is 0 Å². The quantitative estimate of drug-likeness (QED) is 0.853. The number of nitrogens with two attached hydrogens (primary N) is 1. The highest BCUT2D eigenvalue weighted by Crippen LogP contribution is 2.36. The standard InChI is InChI=1S/C17H27N/c1-13(2)16-8-5-9-17(18,12-16)11-15-7-4-6-14(3)10-15/h4,6-7,10,13,16H,5,8-9,11-12,18H2,1-3H3. The van der Waals surface area contributed by atoms with Crippen LogP contribution in [0.15, 0.2) is 24.3 Å². The number of aryl methyl sites for hydroxylation is 1. The molecule has 18 heavy (non-hydrogen) atoms. The van der Waals surface area contributed by atoms with Gasteiger partial charge in [-0.05, 0) is 43.6 Å². The molecule has 0 aliphatic heterocycles. The van der Waals surface area contributed by atoms with E-state index in [0.29, 0.717) is 0 Å². The predicted octanol–water partition coefficient (Wildman–Crippen LogP) is 4.08. The van der Waals surface area contributed by atoms with Crippen molar-refractivity contribution in [1.82, 2.24) is 0 Å². The summed E-state index contributed by atoms with van der Waals surface area (Å²) in [5.41, 5.74) is 9.44. The second-order valence-corrected chi connectivity index (χ2v) is 6.63. The second-order valence-electron chi connectivity index (χ2n) is 6.63. The monoisotopic (exact) mass is 245 g/mol. The molecule has 0 bridgehead atoms. The summed E-state index contributed by atoms with van der Waals surface area (Å²) in [7, 11) is 0. The molecule has 0 amide bonds. The van der Waals surface area contributed by atoms with Gasteiger partial charge in [0.1, 0.15) is 0 Å². The summed E-state index contributed by atoms with van der Waals surface area (Å²) >= 11 is 0. The van der Waals surface area contributed by atoms with E-state index in [4.69, 9.17) is 5.73 Å². The number of rotatable bonds is 3. The molecule has 0 heterocycles. The molecule has 1 aliphatic carbocycles. The van der Waals surface area contributed by atoms with Crippen LogP contribution in [0, 0.1) is 18.8 Å². The van der Waals surface area contributed by atoms with Crippen molar-refractivity contribution in [2.75, 3.05) is 0 Å². The highest BCUT2D eigenvalue weighted by molar-refractivity contribution is 5.24. The van der Waals surface area contributed by atoms with E-state index < -0.39 is 0 Å². The van der Waals surface area contributed by atoms with E-state index in [1.54, 1.807) is 0 Å². The Balaban J connectivity index is 2.07. The van der Waals surface area contributed by atoms with Gasteiger partial charge in [0.25, 0.3) is 0 Å². The van der Waals surface area contributed by atoms with E-state index in [2.05, 4.69) is 45.0 Å². The molecular weight excluding hydrogens is 218 g/mol. The van der Waals surface area contributed by atoms with E-state index in [0.717, 1.165) is 18.3 Å². The first-order valence-electron chi connectivity index (χ1n) is 7.33. The zero-order valence-electron chi connectivity index (χ0n) is 12.1. The highest BCUT2D eigenvalue weighted by Gasteiger charge is 2.33. The van der Waals surface area contributed by atoms with Crippen molar-refractivity contribution in [3.63, 3.8) is 0 Å². The Bertz CT molecular complexity index is 396. The Hall–Kier alpha value is -0.820. The van der Waals surface area contributed by atoms with Crippen molar-refractivity contribution < 1.29 is 0 Å². The van der Waals surface area contributed by atoms with Crippen LogP contribution in [0.1, 0.15) is 50.7 Å². The molecule has 0 radical (unpaired) electrons. The Morgan fingerprint density at radius 1 is 1.39 bits per heavy atom. The summed E-state index contributed by atoms with van der Waals surface area (Å²) in [5, 5.41) is 0. The van der Waals surface area contributed by atoms with Crippen molar-refractivity contribution in [3.05, 3.63) is 35.4 Å². The van der Waals surface area contributed by atoms with E-state index >= 15 is 0 Å². The average Bonchev–Trinajstić information content (AvgIpc) is 2.28. The minimum absolute atomic E-state index is 0.0288. The lowest BCUT2D eigenvalue weighted by Crippen LogP contribution is -2.47. The third kappa shape index (κ3) is 3.35. The molecule has 1 aromatic rings. The van der Waals surface area contributed by atoms with Gasteiger partial charge in [-0.3, -0.25) is 0 Å². The molecule has 1 heteroatoms. The van der Waals surface area contributed by atoms with E-state index in [1.807, 2.05) is 0 Å². The van der Waals surface area contributed by atoms with E-state index in [-0.39, 0.29) is 5.54 Å². The first-order valence-corrected chi connectivity index (χ1v) is 7.33. The molecular formula is C17H27N. The van der Waals surface area contributed by atoms with Crippen molar-refractivity contribution in [1.29, 1.82) is 0 Å². The third-order valence-corrected chi connectivity index (χ3v) is 4.50. The van der Waals surface area contributed by atoms with Crippen LogP contribution in [0.3, 0.4) is 0 Å². The highest BCUT2D eigenvalue weighted by atomic mass is 14.7. The zero-order chi connectivity index (χ0) is 13.2. The number of hydrogen-bond acceptors (Lipinski definition) is 1. The Morgan fingerprint density at radius 3 is 2.83 bits per heavy atom. The maximum absolute atomic E-state index is 6.67. The Kier molecular flexibility index (Phi) is 4.11. The van der Waals surface area contributed by atoms with E-state index in [1.165, 1.54) is 36.8 Å². The van der Waals surface area contributed by atoms with Gasteiger partial charge in [0.05, 0.1) is 0 Å². The van der Waals surface area contributed by atoms with Gasteiger partial charge in [0.2, 0.25) is 0 Å². The SMILES string of the molecule is Cc1cccc(CC2(N)CCCC(C(C)C)C2)c1. The molecule has 1 aromatic carbocycles. The van der Waals surface area contributed by atoms with Gasteiger partial charge in [-0.2, -0.15) is 0 Å². The summed E-state index contributed by atoms with van der Waals surface area (Å²) in [6.07, 6.45) is 6.08. The molecule has 100 valence electrons. The van der Waals surface area contributed by atoms with Crippen LogP contribution in [0.25, 0.3) is 0 Å².